The van der Waals surface area contributed by atoms with Gasteiger partial charge in [-0.25, -0.2) is 14.4 Å². The van der Waals surface area contributed by atoms with Crippen molar-refractivity contribution in [2.45, 2.75) is 18.9 Å². The molecule has 5 rings (SSSR count). The number of anilines is 2. The second-order valence-corrected chi connectivity index (χ2v) is 7.93. The first kappa shape index (κ1) is 20.5. The predicted molar refractivity (Wildman–Crippen MR) is 117 cm³/mol. The van der Waals surface area contributed by atoms with E-state index in [0.29, 0.717) is 42.0 Å². The average molecular weight is 438 g/mol. The Kier molecular flexibility index (Phi) is 5.54. The van der Waals surface area contributed by atoms with E-state index < -0.39 is 5.82 Å². The second kappa shape index (κ2) is 8.64. The van der Waals surface area contributed by atoms with Gasteiger partial charge in [0.05, 0.1) is 36.0 Å². The largest absolute Gasteiger partial charge is 0.470 e. The minimum atomic E-state index is -0.531. The Bertz CT molecular complexity index is 1160. The van der Waals surface area contributed by atoms with Crippen molar-refractivity contribution >= 4 is 28.6 Å². The molecule has 2 atom stereocenters. The van der Waals surface area contributed by atoms with Crippen LogP contribution in [0, 0.1) is 11.7 Å². The smallest absolute Gasteiger partial charge is 0.245 e. The molecule has 10 heteroatoms. The number of ether oxygens (including phenoxy) is 2. The highest BCUT2D eigenvalue weighted by Crippen LogP contribution is 2.29. The van der Waals surface area contributed by atoms with Gasteiger partial charge in [-0.2, -0.15) is 4.98 Å². The van der Waals surface area contributed by atoms with Crippen molar-refractivity contribution in [3.8, 4) is 17.1 Å². The lowest BCUT2D eigenvalue weighted by molar-refractivity contribution is -0.119. The third-order valence-electron chi connectivity index (χ3n) is 5.65. The molecule has 0 aliphatic carbocycles. The molecule has 32 heavy (non-hydrogen) atoms. The maximum absolute atomic E-state index is 14.8. The SMILES string of the molecule is Nc1nc(O[C@@H]2CCOC2)c2nc(-c3ccc(NC(=O)[C@H]4CCNC4)c(F)c3)ccc2n1. The summed E-state index contributed by atoms with van der Waals surface area (Å²) in [5.74, 6) is -0.494. The first-order valence-electron chi connectivity index (χ1n) is 10.6. The van der Waals surface area contributed by atoms with Crippen molar-refractivity contribution in [3.05, 3.63) is 36.1 Å². The molecule has 4 N–H and O–H groups in total. The number of fused-ring (bicyclic) bond motifs is 1. The minimum absolute atomic E-state index is 0.0876. The maximum Gasteiger partial charge on any atom is 0.245 e. The van der Waals surface area contributed by atoms with E-state index in [2.05, 4.69) is 25.6 Å². The molecule has 2 saturated heterocycles. The molecule has 2 fully saturated rings. The Hall–Kier alpha value is -3.37. The lowest BCUT2D eigenvalue weighted by Crippen LogP contribution is -2.25. The summed E-state index contributed by atoms with van der Waals surface area (Å²) < 4.78 is 26.1. The summed E-state index contributed by atoms with van der Waals surface area (Å²) in [6, 6.07) is 8.08. The number of rotatable bonds is 5. The number of nitrogens with two attached hydrogens (primary N) is 1. The number of aromatic nitrogens is 3. The number of hydrogen-bond donors (Lipinski definition) is 3. The van der Waals surface area contributed by atoms with Gasteiger partial charge in [0, 0.05) is 18.5 Å². The maximum atomic E-state index is 14.8. The zero-order valence-corrected chi connectivity index (χ0v) is 17.3. The minimum Gasteiger partial charge on any atom is -0.470 e. The van der Waals surface area contributed by atoms with E-state index in [-0.39, 0.29) is 35.4 Å². The van der Waals surface area contributed by atoms with Crippen molar-refractivity contribution in [3.63, 3.8) is 0 Å². The summed E-state index contributed by atoms with van der Waals surface area (Å²) in [5, 5.41) is 5.81. The molecule has 0 radical (unpaired) electrons. The Morgan fingerprint density at radius 3 is 2.88 bits per heavy atom. The molecule has 0 saturated carbocycles. The van der Waals surface area contributed by atoms with Gasteiger partial charge in [-0.15, -0.1) is 0 Å². The van der Waals surface area contributed by atoms with E-state index in [1.165, 1.54) is 6.07 Å². The molecule has 2 aliphatic rings. The van der Waals surface area contributed by atoms with Crippen LogP contribution in [0.3, 0.4) is 0 Å². The van der Waals surface area contributed by atoms with Gasteiger partial charge in [0.1, 0.15) is 11.9 Å². The lowest BCUT2D eigenvalue weighted by atomic mass is 10.1. The van der Waals surface area contributed by atoms with Gasteiger partial charge in [-0.05, 0) is 37.2 Å². The molecule has 2 aliphatic heterocycles. The van der Waals surface area contributed by atoms with Crippen molar-refractivity contribution in [1.29, 1.82) is 0 Å². The standard InChI is InChI=1S/C22H23FN6O3/c23-15-9-12(1-2-17(15)27-20(30)13-5-7-25-10-13)16-3-4-18-19(26-16)21(29-22(24)28-18)32-14-6-8-31-11-14/h1-4,9,13-14,25H,5-8,10-11H2,(H,27,30)(H2,24,28,29)/t13-,14+/m0/s1. The van der Waals surface area contributed by atoms with Crippen LogP contribution in [0.2, 0.25) is 0 Å². The monoisotopic (exact) mass is 438 g/mol. The Morgan fingerprint density at radius 2 is 2.12 bits per heavy atom. The molecule has 0 bridgehead atoms. The lowest BCUT2D eigenvalue weighted by Gasteiger charge is -2.14. The van der Waals surface area contributed by atoms with Gasteiger partial charge >= 0.3 is 0 Å². The van der Waals surface area contributed by atoms with Gasteiger partial charge in [-0.1, -0.05) is 6.07 Å². The molecule has 3 aromatic rings. The Labute approximate surface area is 183 Å². The number of nitrogens with zero attached hydrogens (tertiary/aromatic N) is 3. The van der Waals surface area contributed by atoms with E-state index in [1.807, 2.05) is 0 Å². The van der Waals surface area contributed by atoms with Crippen LogP contribution >= 0.6 is 0 Å². The molecule has 1 amide bonds. The molecule has 1 aromatic carbocycles. The van der Waals surface area contributed by atoms with Crippen LogP contribution in [-0.2, 0) is 9.53 Å². The third-order valence-corrected chi connectivity index (χ3v) is 5.65. The number of carbonyl (C=O) groups is 1. The molecule has 9 nitrogen and oxygen atoms in total. The zero-order valence-electron chi connectivity index (χ0n) is 17.3. The topological polar surface area (TPSA) is 124 Å². The molecule has 166 valence electrons. The van der Waals surface area contributed by atoms with Crippen molar-refractivity contribution in [2.24, 2.45) is 5.92 Å². The number of nitrogen functional groups attached to an aromatic ring is 1. The highest BCUT2D eigenvalue weighted by Gasteiger charge is 2.24. The summed E-state index contributed by atoms with van der Waals surface area (Å²) in [4.78, 5) is 25.3. The first-order chi connectivity index (χ1) is 15.6. The number of pyridine rings is 1. The summed E-state index contributed by atoms with van der Waals surface area (Å²) in [7, 11) is 0. The van der Waals surface area contributed by atoms with Crippen LogP contribution in [0.5, 0.6) is 5.88 Å². The molecule has 2 aromatic heterocycles. The number of halogens is 1. The summed E-state index contributed by atoms with van der Waals surface area (Å²) in [6.07, 6.45) is 1.37. The van der Waals surface area contributed by atoms with Gasteiger partial charge < -0.3 is 25.8 Å². The quantitative estimate of drug-likeness (QED) is 0.553. The number of benzene rings is 1. The molecular formula is C22H23FN6O3. The van der Waals surface area contributed by atoms with E-state index >= 15 is 0 Å². The molecule has 4 heterocycles. The predicted octanol–water partition coefficient (Wildman–Crippen LogP) is 2.13. The second-order valence-electron chi connectivity index (χ2n) is 7.93. The van der Waals surface area contributed by atoms with Crippen LogP contribution in [0.4, 0.5) is 16.0 Å². The van der Waals surface area contributed by atoms with Crippen LogP contribution < -0.4 is 21.1 Å². The third kappa shape index (κ3) is 4.19. The first-order valence-corrected chi connectivity index (χ1v) is 10.6. The summed E-state index contributed by atoms with van der Waals surface area (Å²) >= 11 is 0. The number of nitrogens with one attached hydrogen (secondary N) is 2. The van der Waals surface area contributed by atoms with Crippen LogP contribution in [-0.4, -0.2) is 53.3 Å². The number of hydrogen-bond acceptors (Lipinski definition) is 8. The van der Waals surface area contributed by atoms with Crippen LogP contribution in [0.1, 0.15) is 12.8 Å². The number of carbonyl (C=O) groups excluding carboxylic acids is 1. The normalized spacial score (nSPS) is 20.5. The summed E-state index contributed by atoms with van der Waals surface area (Å²) in [5.41, 5.74) is 8.01. The molecule has 0 unspecified atom stereocenters. The highest BCUT2D eigenvalue weighted by atomic mass is 19.1. The van der Waals surface area contributed by atoms with Gasteiger partial charge in [-0.3, -0.25) is 4.79 Å². The van der Waals surface area contributed by atoms with Crippen molar-refractivity contribution < 1.29 is 18.7 Å². The van der Waals surface area contributed by atoms with Gasteiger partial charge in [0.15, 0.2) is 5.52 Å². The fraction of sp³-hybridized carbons (Fsp3) is 0.364. The van der Waals surface area contributed by atoms with Crippen LogP contribution in [0.25, 0.3) is 22.3 Å². The van der Waals surface area contributed by atoms with E-state index in [4.69, 9.17) is 15.2 Å². The number of amides is 1. The Balaban J connectivity index is 1.43. The van der Waals surface area contributed by atoms with Gasteiger partial charge in [0.25, 0.3) is 0 Å². The van der Waals surface area contributed by atoms with Crippen molar-refractivity contribution in [1.82, 2.24) is 20.3 Å². The van der Waals surface area contributed by atoms with E-state index in [9.17, 15) is 9.18 Å². The van der Waals surface area contributed by atoms with Gasteiger partial charge in [0.2, 0.25) is 17.7 Å². The highest BCUT2D eigenvalue weighted by molar-refractivity contribution is 5.93. The van der Waals surface area contributed by atoms with Crippen molar-refractivity contribution in [2.75, 3.05) is 37.4 Å². The van der Waals surface area contributed by atoms with Crippen LogP contribution in [0.15, 0.2) is 30.3 Å². The summed E-state index contributed by atoms with van der Waals surface area (Å²) in [6.45, 7) is 2.50. The fourth-order valence-electron chi connectivity index (χ4n) is 3.90. The molecule has 0 spiro atoms. The fourth-order valence-corrected chi connectivity index (χ4v) is 3.90. The average Bonchev–Trinajstić information content (AvgIpc) is 3.49. The Morgan fingerprint density at radius 1 is 1.22 bits per heavy atom. The zero-order chi connectivity index (χ0) is 22.1. The van der Waals surface area contributed by atoms with E-state index in [1.54, 1.807) is 24.3 Å². The molecular weight excluding hydrogens is 415 g/mol. The van der Waals surface area contributed by atoms with E-state index in [0.717, 1.165) is 19.4 Å².